The van der Waals surface area contributed by atoms with Crippen LogP contribution >= 0.6 is 0 Å². The van der Waals surface area contributed by atoms with Gasteiger partial charge in [-0.3, -0.25) is 43.9 Å². The van der Waals surface area contributed by atoms with Gasteiger partial charge in [0.1, 0.15) is 36.0 Å². The molecule has 1 saturated heterocycles. The number of carbonyl (C=O) groups is 6. The van der Waals surface area contributed by atoms with Gasteiger partial charge in [0.15, 0.2) is 6.61 Å². The molecule has 426 valence electrons. The standard InChI is InChI=1S/C60H69N9O12/c1-67-39-44(15-27-55(67)72)43-13-18-46(19-14-43)68(47-20-16-45(17-21-47)65-52-25-12-42(36-61)38-63-52)60(76)64-37-41-10-22-48(23-11-41)80-35-34-79-31-5-4-30-78-33-7-32-77-29-3-2-28-62-54(71)40-81-51-9-6-8-49-56(51)59(75)69(58(49)74)50-24-26-53(70)66-57(50)73/h6,8-15,18-19,22-23,25,27,38-39,45,47,50H,2-5,7,16-17,20-21,24,26,28-35,37,40H2,1H3,(H,62,71)(H,63,65)(H,64,76)(H,66,70,73)/t45-,47-,50?. The summed E-state index contributed by atoms with van der Waals surface area (Å²) in [5.74, 6) is -1.42. The molecule has 2 aromatic heterocycles. The van der Waals surface area contributed by atoms with Crippen molar-refractivity contribution >= 4 is 47.1 Å². The number of nitrogens with one attached hydrogen (secondary N) is 4. The largest absolute Gasteiger partial charge is 0.491 e. The maximum atomic E-state index is 14.1. The summed E-state index contributed by atoms with van der Waals surface area (Å²) in [6, 6.07) is 27.9. The van der Waals surface area contributed by atoms with Gasteiger partial charge in [-0.05, 0) is 135 Å². The van der Waals surface area contributed by atoms with E-state index in [0.29, 0.717) is 77.1 Å². The van der Waals surface area contributed by atoms with E-state index in [-0.39, 0.29) is 60.0 Å². The summed E-state index contributed by atoms with van der Waals surface area (Å²) in [5, 5.41) is 20.7. The zero-order valence-electron chi connectivity index (χ0n) is 45.5. The first kappa shape index (κ1) is 58.7. The van der Waals surface area contributed by atoms with Crippen molar-refractivity contribution in [3.8, 4) is 28.7 Å². The number of urea groups is 1. The number of fused-ring (bicyclic) bond motifs is 1. The molecule has 1 atom stereocenters. The SMILES string of the molecule is Cn1cc(-c2ccc(N(C(=O)NCc3ccc(OCCOCCCCOCCCOCCCCNC(=O)COc4cccc5c4C(=O)N(C4CCC(=O)NC4=O)C5=O)cc3)[C@H]3CC[C@H](Nc4ccc(C#N)cn4)CC3)cc2)ccc1=O. The molecule has 4 heterocycles. The third kappa shape index (κ3) is 16.6. The molecule has 7 amide bonds. The highest BCUT2D eigenvalue weighted by Crippen LogP contribution is 2.34. The molecular formula is C60H69N9O12. The van der Waals surface area contributed by atoms with Gasteiger partial charge in [0.2, 0.25) is 17.4 Å². The van der Waals surface area contributed by atoms with Crippen LogP contribution in [0, 0.1) is 11.3 Å². The van der Waals surface area contributed by atoms with E-state index in [1.807, 2.05) is 59.5 Å². The minimum Gasteiger partial charge on any atom is -0.491 e. The number of anilines is 2. The number of unbranched alkanes of at least 4 members (excludes halogenated alkanes) is 2. The second-order valence-corrected chi connectivity index (χ2v) is 20.0. The van der Waals surface area contributed by atoms with E-state index >= 15 is 0 Å². The lowest BCUT2D eigenvalue weighted by atomic mass is 9.89. The van der Waals surface area contributed by atoms with Gasteiger partial charge in [-0.2, -0.15) is 5.26 Å². The fourth-order valence-corrected chi connectivity index (χ4v) is 9.82. The summed E-state index contributed by atoms with van der Waals surface area (Å²) in [4.78, 5) is 95.9. The van der Waals surface area contributed by atoms with Gasteiger partial charge in [0.25, 0.3) is 17.7 Å². The molecule has 8 rings (SSSR count). The summed E-state index contributed by atoms with van der Waals surface area (Å²) in [5.41, 5.74) is 4.04. The van der Waals surface area contributed by atoms with Crippen LogP contribution in [0.1, 0.15) is 102 Å². The topological polar surface area (TPSA) is 262 Å². The second-order valence-electron chi connectivity index (χ2n) is 20.0. The number of hydrogen-bond acceptors (Lipinski definition) is 15. The molecule has 5 aromatic rings. The first-order chi connectivity index (χ1) is 39.4. The van der Waals surface area contributed by atoms with E-state index in [4.69, 9.17) is 28.9 Å². The molecule has 2 aliphatic heterocycles. The molecule has 21 nitrogen and oxygen atoms in total. The van der Waals surface area contributed by atoms with E-state index in [2.05, 4.69) is 32.3 Å². The van der Waals surface area contributed by atoms with Crippen molar-refractivity contribution in [3.63, 3.8) is 0 Å². The van der Waals surface area contributed by atoms with Gasteiger partial charge in [-0.15, -0.1) is 0 Å². The number of benzene rings is 3. The predicted octanol–water partition coefficient (Wildman–Crippen LogP) is 6.43. The third-order valence-corrected chi connectivity index (χ3v) is 14.2. The van der Waals surface area contributed by atoms with Crippen LogP contribution in [0.15, 0.2) is 108 Å². The first-order valence-electron chi connectivity index (χ1n) is 27.6. The molecular weight excluding hydrogens is 1040 g/mol. The maximum absolute atomic E-state index is 14.1. The van der Waals surface area contributed by atoms with Crippen LogP contribution in [-0.4, -0.2) is 128 Å². The number of pyridine rings is 2. The van der Waals surface area contributed by atoms with E-state index in [9.17, 15) is 33.6 Å². The van der Waals surface area contributed by atoms with Crippen molar-refractivity contribution < 1.29 is 52.5 Å². The highest BCUT2D eigenvalue weighted by molar-refractivity contribution is 6.24. The molecule has 1 unspecified atom stereocenters. The molecule has 3 aromatic carbocycles. The quantitative estimate of drug-likeness (QED) is 0.0297. The molecule has 2 fully saturated rings. The lowest BCUT2D eigenvalue weighted by molar-refractivity contribution is -0.136. The average molecular weight is 1110 g/mol. The van der Waals surface area contributed by atoms with Crippen molar-refractivity contribution in [1.29, 1.82) is 5.26 Å². The van der Waals surface area contributed by atoms with Crippen molar-refractivity contribution in [3.05, 3.63) is 136 Å². The minimum absolute atomic E-state index is 0.0117. The average Bonchev–Trinajstić information content (AvgIpc) is 3.81. The Hall–Kier alpha value is -8.45. The summed E-state index contributed by atoms with van der Waals surface area (Å²) in [6.45, 7) is 4.12. The predicted molar refractivity (Wildman–Crippen MR) is 300 cm³/mol. The number of piperidine rings is 1. The van der Waals surface area contributed by atoms with Crippen LogP contribution < -0.4 is 41.2 Å². The molecule has 1 saturated carbocycles. The normalized spacial score (nSPS) is 16.7. The molecule has 21 heteroatoms. The molecule has 4 N–H and O–H groups in total. The van der Waals surface area contributed by atoms with Crippen LogP contribution in [0.2, 0.25) is 0 Å². The van der Waals surface area contributed by atoms with Crippen LogP contribution in [0.25, 0.3) is 11.1 Å². The molecule has 0 spiro atoms. The van der Waals surface area contributed by atoms with Gasteiger partial charge >= 0.3 is 6.03 Å². The van der Waals surface area contributed by atoms with Crippen LogP contribution in [0.3, 0.4) is 0 Å². The van der Waals surface area contributed by atoms with E-state index < -0.39 is 35.6 Å². The Bertz CT molecular complexity index is 3060. The number of imide groups is 2. The Balaban J connectivity index is 0.639. The van der Waals surface area contributed by atoms with Gasteiger partial charge in [0, 0.05) is 95.8 Å². The third-order valence-electron chi connectivity index (χ3n) is 14.2. The Morgan fingerprint density at radius 3 is 2.12 bits per heavy atom. The van der Waals surface area contributed by atoms with E-state index in [0.717, 1.165) is 84.5 Å². The molecule has 0 bridgehead atoms. The lowest BCUT2D eigenvalue weighted by Crippen LogP contribution is -2.54. The zero-order chi connectivity index (χ0) is 56.9. The smallest absolute Gasteiger partial charge is 0.322 e. The maximum Gasteiger partial charge on any atom is 0.322 e. The number of hydrogen-bond donors (Lipinski definition) is 4. The number of amides is 7. The fraction of sp³-hybridized carbons (Fsp3) is 0.417. The summed E-state index contributed by atoms with van der Waals surface area (Å²) >= 11 is 0. The summed E-state index contributed by atoms with van der Waals surface area (Å²) in [7, 11) is 1.72. The Labute approximate surface area is 470 Å². The minimum atomic E-state index is -1.10. The molecule has 1 aliphatic carbocycles. The Morgan fingerprint density at radius 2 is 1.43 bits per heavy atom. The lowest BCUT2D eigenvalue weighted by Gasteiger charge is -2.37. The van der Waals surface area contributed by atoms with Crippen molar-refractivity contribution in [2.45, 2.75) is 95.3 Å². The molecule has 0 radical (unpaired) electrons. The summed E-state index contributed by atoms with van der Waals surface area (Å²) < 4.78 is 30.3. The van der Waals surface area contributed by atoms with Gasteiger partial charge in [0.05, 0.1) is 23.3 Å². The second kappa shape index (κ2) is 29.7. The number of rotatable bonds is 29. The van der Waals surface area contributed by atoms with Crippen LogP contribution in [0.4, 0.5) is 16.3 Å². The highest BCUT2D eigenvalue weighted by Gasteiger charge is 2.46. The Morgan fingerprint density at radius 1 is 0.728 bits per heavy atom. The number of nitriles is 1. The highest BCUT2D eigenvalue weighted by atomic mass is 16.5. The van der Waals surface area contributed by atoms with Crippen molar-refractivity contribution in [2.75, 3.05) is 69.6 Å². The zero-order valence-corrected chi connectivity index (χ0v) is 45.5. The molecule has 3 aliphatic rings. The summed E-state index contributed by atoms with van der Waals surface area (Å²) in [6.07, 6.45) is 10.6. The number of ether oxygens (including phenoxy) is 5. The van der Waals surface area contributed by atoms with Gasteiger partial charge < -0.3 is 44.2 Å². The monoisotopic (exact) mass is 1110 g/mol. The Kier molecular flexibility index (Phi) is 21.5. The first-order valence-corrected chi connectivity index (χ1v) is 27.6. The van der Waals surface area contributed by atoms with Crippen molar-refractivity contribution in [2.24, 2.45) is 7.05 Å². The number of nitrogens with zero attached hydrogens (tertiary/aromatic N) is 5. The van der Waals surface area contributed by atoms with Gasteiger partial charge in [-0.1, -0.05) is 30.3 Å². The number of carbonyl (C=O) groups excluding carboxylic acids is 6. The van der Waals surface area contributed by atoms with Crippen molar-refractivity contribution in [1.82, 2.24) is 30.4 Å². The fourth-order valence-electron chi connectivity index (χ4n) is 9.82. The van der Waals surface area contributed by atoms with Gasteiger partial charge in [-0.25, -0.2) is 9.78 Å². The number of aromatic nitrogens is 2. The van der Waals surface area contributed by atoms with E-state index in [1.54, 1.807) is 42.2 Å². The van der Waals surface area contributed by atoms with E-state index in [1.165, 1.54) is 18.2 Å². The molecule has 81 heavy (non-hydrogen) atoms. The number of aryl methyl sites for hydroxylation is 1. The van der Waals surface area contributed by atoms with Crippen LogP contribution in [-0.2, 0) is 42.2 Å². The van der Waals surface area contributed by atoms with Crippen LogP contribution in [0.5, 0.6) is 11.5 Å².